The number of carbonyl (C=O) groups is 1. The molecule has 22 heavy (non-hydrogen) atoms. The summed E-state index contributed by atoms with van der Waals surface area (Å²) >= 11 is 15.0. The molecule has 0 unspecified atom stereocenters. The Morgan fingerprint density at radius 3 is 2.68 bits per heavy atom. The van der Waals surface area contributed by atoms with Crippen molar-refractivity contribution in [1.29, 1.82) is 0 Å². The Hall–Kier alpha value is -1.57. The molecule has 0 saturated heterocycles. The van der Waals surface area contributed by atoms with Crippen molar-refractivity contribution in [3.05, 3.63) is 50.3 Å². The molecule has 0 fully saturated rings. The van der Waals surface area contributed by atoms with E-state index in [0.29, 0.717) is 9.50 Å². The zero-order valence-corrected chi connectivity index (χ0v) is 14.2. The summed E-state index contributed by atoms with van der Waals surface area (Å²) in [4.78, 5) is 15.8. The molecule has 0 spiro atoms. The highest BCUT2D eigenvalue weighted by Crippen LogP contribution is 2.29. The van der Waals surface area contributed by atoms with Gasteiger partial charge in [-0.2, -0.15) is 0 Å². The lowest BCUT2D eigenvalue weighted by molar-refractivity contribution is 0.0962. The van der Waals surface area contributed by atoms with Crippen LogP contribution in [0.3, 0.4) is 0 Å². The van der Waals surface area contributed by atoms with Crippen molar-refractivity contribution in [3.63, 3.8) is 0 Å². The van der Waals surface area contributed by atoms with Gasteiger partial charge >= 0.3 is 0 Å². The lowest BCUT2D eigenvalue weighted by Crippen LogP contribution is -2.29. The zero-order valence-electron chi connectivity index (χ0n) is 11.1. The van der Waals surface area contributed by atoms with Gasteiger partial charge < -0.3 is 4.74 Å². The van der Waals surface area contributed by atoms with Crippen LogP contribution in [0.1, 0.15) is 10.4 Å². The van der Waals surface area contributed by atoms with Gasteiger partial charge in [-0.15, -0.1) is 0 Å². The largest absolute Gasteiger partial charge is 0.479 e. The summed E-state index contributed by atoms with van der Waals surface area (Å²) in [5.41, 5.74) is 5.36. The molecule has 0 saturated carbocycles. The summed E-state index contributed by atoms with van der Waals surface area (Å²) in [7, 11) is 1.31. The smallest absolute Gasteiger partial charge is 0.271 e. The first-order chi connectivity index (χ1) is 10.4. The van der Waals surface area contributed by atoms with E-state index in [2.05, 4.69) is 31.8 Å². The average Bonchev–Trinajstić information content (AvgIpc) is 2.48. The maximum atomic E-state index is 13.5. The molecular weight excluding hydrogens is 400 g/mol. The number of hydrogen-bond acceptors (Lipinski definition) is 4. The van der Waals surface area contributed by atoms with E-state index in [1.807, 2.05) is 0 Å². The van der Waals surface area contributed by atoms with Crippen molar-refractivity contribution in [3.8, 4) is 5.88 Å². The van der Waals surface area contributed by atoms with Crippen LogP contribution < -0.4 is 15.6 Å². The van der Waals surface area contributed by atoms with E-state index in [1.54, 1.807) is 0 Å². The lowest BCUT2D eigenvalue weighted by atomic mass is 10.2. The first-order valence-corrected chi connectivity index (χ1v) is 7.37. The van der Waals surface area contributed by atoms with Crippen LogP contribution in [0.4, 0.5) is 10.1 Å². The Bertz CT molecular complexity index is 731. The number of methoxy groups -OCH3 is 1. The van der Waals surface area contributed by atoms with Crippen LogP contribution in [0.2, 0.25) is 10.0 Å². The summed E-state index contributed by atoms with van der Waals surface area (Å²) < 4.78 is 18.7. The van der Waals surface area contributed by atoms with Gasteiger partial charge in [0, 0.05) is 10.5 Å². The van der Waals surface area contributed by atoms with Crippen LogP contribution >= 0.6 is 39.1 Å². The van der Waals surface area contributed by atoms with Gasteiger partial charge in [-0.25, -0.2) is 9.37 Å². The number of hydrazine groups is 1. The molecule has 9 heteroatoms. The maximum Gasteiger partial charge on any atom is 0.271 e. The maximum absolute atomic E-state index is 13.5. The Balaban J connectivity index is 2.10. The fourth-order valence-electron chi connectivity index (χ4n) is 1.54. The molecule has 0 aliphatic heterocycles. The van der Waals surface area contributed by atoms with E-state index in [4.69, 9.17) is 27.9 Å². The zero-order chi connectivity index (χ0) is 16.3. The molecule has 2 aromatic rings. The highest BCUT2D eigenvalue weighted by atomic mass is 79.9. The Morgan fingerprint density at radius 2 is 2.05 bits per heavy atom. The predicted octanol–water partition coefficient (Wildman–Crippen LogP) is 4.06. The minimum absolute atomic E-state index is 0.137. The van der Waals surface area contributed by atoms with Gasteiger partial charge in [-0.3, -0.25) is 15.6 Å². The molecule has 0 atom stereocenters. The molecule has 2 N–H and O–H groups in total. The van der Waals surface area contributed by atoms with Gasteiger partial charge in [-0.1, -0.05) is 23.2 Å². The van der Waals surface area contributed by atoms with Crippen molar-refractivity contribution in [2.24, 2.45) is 0 Å². The van der Waals surface area contributed by atoms with Crippen LogP contribution in [-0.2, 0) is 0 Å². The van der Waals surface area contributed by atoms with E-state index in [1.165, 1.54) is 25.4 Å². The first kappa shape index (κ1) is 16.8. The van der Waals surface area contributed by atoms with Crippen molar-refractivity contribution in [1.82, 2.24) is 10.4 Å². The van der Waals surface area contributed by atoms with Crippen LogP contribution in [0.25, 0.3) is 0 Å². The number of ether oxygens (including phenoxy) is 1. The van der Waals surface area contributed by atoms with E-state index in [9.17, 15) is 9.18 Å². The number of hydrogen-bond donors (Lipinski definition) is 2. The molecule has 0 bridgehead atoms. The fourth-order valence-corrected chi connectivity index (χ4v) is 2.35. The normalized spacial score (nSPS) is 10.2. The number of amides is 1. The number of carbonyl (C=O) groups excluding carboxylic acids is 1. The SMILES string of the molecule is COc1ncc(NNC(=O)c2cc(Br)c(Cl)cc2Cl)cc1F. The summed E-state index contributed by atoms with van der Waals surface area (Å²) in [6, 6.07) is 4.05. The van der Waals surface area contributed by atoms with Crippen molar-refractivity contribution < 1.29 is 13.9 Å². The molecule has 0 aliphatic carbocycles. The van der Waals surface area contributed by atoms with E-state index in [-0.39, 0.29) is 22.2 Å². The average molecular weight is 409 g/mol. The second-order valence-corrected chi connectivity index (χ2v) is 5.71. The van der Waals surface area contributed by atoms with Gasteiger partial charge in [0.1, 0.15) is 0 Å². The number of nitrogens with zero attached hydrogens (tertiary/aromatic N) is 1. The molecule has 1 heterocycles. The van der Waals surface area contributed by atoms with Crippen molar-refractivity contribution in [2.45, 2.75) is 0 Å². The van der Waals surface area contributed by atoms with Gasteiger partial charge in [0.25, 0.3) is 5.91 Å². The molecule has 1 amide bonds. The minimum atomic E-state index is -0.658. The molecule has 0 radical (unpaired) electrons. The van der Waals surface area contributed by atoms with E-state index >= 15 is 0 Å². The second-order valence-electron chi connectivity index (χ2n) is 4.04. The summed E-state index contributed by atoms with van der Waals surface area (Å²) in [6.45, 7) is 0. The van der Waals surface area contributed by atoms with Crippen LogP contribution in [0.5, 0.6) is 5.88 Å². The third-order valence-electron chi connectivity index (χ3n) is 2.58. The van der Waals surface area contributed by atoms with Gasteiger partial charge in [0.2, 0.25) is 5.88 Å². The number of pyridine rings is 1. The first-order valence-electron chi connectivity index (χ1n) is 5.82. The number of nitrogens with one attached hydrogen (secondary N) is 2. The second kappa shape index (κ2) is 7.13. The molecular formula is C13H9BrCl2FN3O2. The molecule has 0 aliphatic rings. The molecule has 2 rings (SSSR count). The van der Waals surface area contributed by atoms with Crippen molar-refractivity contribution >= 4 is 50.7 Å². The Labute approximate surface area is 143 Å². The van der Waals surface area contributed by atoms with Crippen molar-refractivity contribution in [2.75, 3.05) is 12.5 Å². The fraction of sp³-hybridized carbons (Fsp3) is 0.0769. The summed E-state index contributed by atoms with van der Waals surface area (Å²) in [6.07, 6.45) is 1.31. The number of benzene rings is 1. The van der Waals surface area contributed by atoms with Crippen LogP contribution in [0, 0.1) is 5.82 Å². The standard InChI is InChI=1S/C13H9BrCl2FN3O2/c1-22-13-11(17)2-6(5-18-13)19-20-12(21)7-3-8(14)10(16)4-9(7)15/h2-5,19H,1H3,(H,20,21). The topological polar surface area (TPSA) is 63.2 Å². The number of rotatable bonds is 4. The van der Waals surface area contributed by atoms with Gasteiger partial charge in [0.15, 0.2) is 5.82 Å². The van der Waals surface area contributed by atoms with Crippen LogP contribution in [0.15, 0.2) is 28.9 Å². The summed E-state index contributed by atoms with van der Waals surface area (Å²) in [5.74, 6) is -1.31. The predicted molar refractivity (Wildman–Crippen MR) is 86.0 cm³/mol. The number of halogens is 4. The summed E-state index contributed by atoms with van der Waals surface area (Å²) in [5, 5.41) is 0.572. The van der Waals surface area contributed by atoms with Gasteiger partial charge in [-0.05, 0) is 28.1 Å². The van der Waals surface area contributed by atoms with E-state index < -0.39 is 11.7 Å². The third kappa shape index (κ3) is 3.79. The van der Waals surface area contributed by atoms with Crippen LogP contribution in [-0.4, -0.2) is 18.0 Å². The highest BCUT2D eigenvalue weighted by Gasteiger charge is 2.13. The highest BCUT2D eigenvalue weighted by molar-refractivity contribution is 9.10. The molecule has 1 aromatic carbocycles. The number of aromatic nitrogens is 1. The number of anilines is 1. The molecule has 5 nitrogen and oxygen atoms in total. The monoisotopic (exact) mass is 407 g/mol. The molecule has 1 aromatic heterocycles. The quantitative estimate of drug-likeness (QED) is 0.591. The van der Waals surface area contributed by atoms with Gasteiger partial charge in [0.05, 0.1) is 34.6 Å². The van der Waals surface area contributed by atoms with E-state index in [0.717, 1.165) is 6.07 Å². The Kier molecular flexibility index (Phi) is 5.44. The molecule has 116 valence electrons. The lowest BCUT2D eigenvalue weighted by Gasteiger charge is -2.11. The third-order valence-corrected chi connectivity index (χ3v) is 4.09. The minimum Gasteiger partial charge on any atom is -0.479 e. The Morgan fingerprint density at radius 1 is 1.32 bits per heavy atom.